The van der Waals surface area contributed by atoms with E-state index >= 15 is 0 Å². The van der Waals surface area contributed by atoms with Gasteiger partial charge in [0, 0.05) is 17.8 Å². The Hall–Kier alpha value is -3.08. The number of nitrogens with zero attached hydrogens (tertiary/aromatic N) is 2. The lowest BCUT2D eigenvalue weighted by molar-refractivity contribution is -0.115. The number of halogens is 1. The van der Waals surface area contributed by atoms with Gasteiger partial charge in [-0.05, 0) is 50.2 Å². The van der Waals surface area contributed by atoms with Crippen LogP contribution in [0.5, 0.6) is 5.75 Å². The minimum atomic E-state index is -0.227. The number of anilines is 1. The van der Waals surface area contributed by atoms with E-state index in [4.69, 9.17) is 4.42 Å². The number of benzene rings is 2. The Balaban J connectivity index is 0.00000341. The molecule has 0 aliphatic carbocycles. The number of rotatable bonds is 7. The van der Waals surface area contributed by atoms with E-state index in [1.54, 1.807) is 18.4 Å². The number of hydrogen-bond acceptors (Lipinski definition) is 5. The quantitative estimate of drug-likeness (QED) is 0.159. The summed E-state index contributed by atoms with van der Waals surface area (Å²) < 4.78 is 5.55. The number of aryl methyl sites for hydroxylation is 1. The van der Waals surface area contributed by atoms with E-state index in [0.29, 0.717) is 36.3 Å². The van der Waals surface area contributed by atoms with E-state index in [0.717, 1.165) is 5.56 Å². The minimum Gasteiger partial charge on any atom is -0.508 e. The Bertz CT molecular complexity index is 1000. The molecular weight excluding hydrogens is 509 g/mol. The topological polar surface area (TPSA) is 112 Å². The van der Waals surface area contributed by atoms with Crippen LogP contribution < -0.4 is 16.0 Å². The molecule has 3 aromatic rings. The van der Waals surface area contributed by atoms with Crippen molar-refractivity contribution in [2.24, 2.45) is 4.99 Å². The predicted octanol–water partition coefficient (Wildman–Crippen LogP) is 3.67. The fourth-order valence-corrected chi connectivity index (χ4v) is 2.62. The molecule has 0 fully saturated rings. The van der Waals surface area contributed by atoms with Gasteiger partial charge < -0.3 is 25.5 Å². The number of aromatic hydroxyl groups is 1. The van der Waals surface area contributed by atoms with E-state index in [1.165, 1.54) is 17.7 Å². The number of nitrogens with one attached hydrogen (secondary N) is 3. The lowest BCUT2D eigenvalue weighted by atomic mass is 10.1. The van der Waals surface area contributed by atoms with Crippen LogP contribution in [0.15, 0.2) is 64.2 Å². The smallest absolute Gasteiger partial charge is 0.243 e. The van der Waals surface area contributed by atoms with Crippen LogP contribution in [0.2, 0.25) is 0 Å². The van der Waals surface area contributed by atoms with Crippen molar-refractivity contribution < 1.29 is 14.3 Å². The normalized spacial score (nSPS) is 10.8. The summed E-state index contributed by atoms with van der Waals surface area (Å²) in [6.07, 6.45) is 1.58. The monoisotopic (exact) mass is 535 g/mol. The summed E-state index contributed by atoms with van der Waals surface area (Å²) in [5.74, 6) is 0.963. The van der Waals surface area contributed by atoms with E-state index in [2.05, 4.69) is 25.9 Å². The van der Waals surface area contributed by atoms with Crippen molar-refractivity contribution in [3.8, 4) is 17.2 Å². The van der Waals surface area contributed by atoms with E-state index in [1.807, 2.05) is 38.1 Å². The number of carbonyl (C=O) groups is 1. The molecule has 0 saturated carbocycles. The molecule has 8 nitrogen and oxygen atoms in total. The lowest BCUT2D eigenvalue weighted by Gasteiger charge is -2.11. The second-order valence-electron chi connectivity index (χ2n) is 6.65. The number of hydrogen-bond donors (Lipinski definition) is 4. The maximum absolute atomic E-state index is 12.1. The molecule has 0 aliphatic rings. The van der Waals surface area contributed by atoms with E-state index in [-0.39, 0.29) is 42.2 Å². The summed E-state index contributed by atoms with van der Waals surface area (Å²) in [5.41, 5.74) is 3.38. The third-order valence-corrected chi connectivity index (χ3v) is 4.16. The summed E-state index contributed by atoms with van der Waals surface area (Å²) in [6, 6.07) is 14.2. The number of phenolic OH excluding ortho intramolecular Hbond substituents is 1. The molecule has 31 heavy (non-hydrogen) atoms. The highest BCUT2D eigenvalue weighted by Gasteiger charge is 2.08. The highest BCUT2D eigenvalue weighted by Crippen LogP contribution is 2.19. The van der Waals surface area contributed by atoms with Crippen molar-refractivity contribution in [3.05, 3.63) is 66.1 Å². The maximum atomic E-state index is 12.1. The number of guanidine groups is 1. The molecule has 0 spiro atoms. The number of oxazole rings is 1. The number of amides is 1. The van der Waals surface area contributed by atoms with Gasteiger partial charge in [0.05, 0.1) is 13.1 Å². The van der Waals surface area contributed by atoms with Gasteiger partial charge in [-0.2, -0.15) is 0 Å². The molecule has 3 rings (SSSR count). The molecular formula is C22H26IN5O3. The zero-order valence-electron chi connectivity index (χ0n) is 17.4. The van der Waals surface area contributed by atoms with Gasteiger partial charge in [-0.15, -0.1) is 24.0 Å². The average Bonchev–Trinajstić information content (AvgIpc) is 3.21. The van der Waals surface area contributed by atoms with Crippen molar-refractivity contribution in [3.63, 3.8) is 0 Å². The molecule has 0 radical (unpaired) electrons. The summed E-state index contributed by atoms with van der Waals surface area (Å²) in [7, 11) is 0. The first-order valence-corrected chi connectivity index (χ1v) is 9.66. The van der Waals surface area contributed by atoms with Gasteiger partial charge in [0.25, 0.3) is 0 Å². The fourth-order valence-electron chi connectivity index (χ4n) is 2.62. The van der Waals surface area contributed by atoms with Gasteiger partial charge >= 0.3 is 0 Å². The average molecular weight is 535 g/mol. The number of aliphatic imine (C=N–C) groups is 1. The molecule has 0 bridgehead atoms. The van der Waals surface area contributed by atoms with Gasteiger partial charge in [0.2, 0.25) is 11.8 Å². The van der Waals surface area contributed by atoms with Crippen LogP contribution in [0.1, 0.15) is 18.2 Å². The Kier molecular flexibility index (Phi) is 9.32. The van der Waals surface area contributed by atoms with Crippen molar-refractivity contribution in [1.29, 1.82) is 0 Å². The summed E-state index contributed by atoms with van der Waals surface area (Å²) in [5, 5.41) is 18.1. The molecule has 0 atom stereocenters. The van der Waals surface area contributed by atoms with Crippen molar-refractivity contribution in [2.45, 2.75) is 20.4 Å². The molecule has 2 aromatic carbocycles. The second-order valence-corrected chi connectivity index (χ2v) is 6.65. The molecule has 0 unspecified atom stereocenters. The molecule has 4 N–H and O–H groups in total. The zero-order chi connectivity index (χ0) is 21.3. The van der Waals surface area contributed by atoms with Gasteiger partial charge in [-0.25, -0.2) is 9.98 Å². The van der Waals surface area contributed by atoms with Crippen LogP contribution in [0, 0.1) is 6.92 Å². The highest BCUT2D eigenvalue weighted by atomic mass is 127. The SMILES string of the molecule is CCNC(=NCc1coc(-c2ccc(C)cc2)n1)NCC(=O)Nc1ccc(O)cc1.I. The van der Waals surface area contributed by atoms with Gasteiger partial charge in [0.1, 0.15) is 17.7 Å². The Morgan fingerprint density at radius 2 is 1.81 bits per heavy atom. The number of carbonyl (C=O) groups excluding carboxylic acids is 1. The molecule has 164 valence electrons. The molecule has 1 aromatic heterocycles. The molecule has 1 heterocycles. The van der Waals surface area contributed by atoms with Crippen molar-refractivity contribution >= 4 is 41.5 Å². The van der Waals surface area contributed by atoms with E-state index < -0.39 is 0 Å². The van der Waals surface area contributed by atoms with Gasteiger partial charge in [0.15, 0.2) is 5.96 Å². The molecule has 0 saturated heterocycles. The van der Waals surface area contributed by atoms with Crippen molar-refractivity contribution in [2.75, 3.05) is 18.4 Å². The third-order valence-electron chi connectivity index (χ3n) is 4.16. The van der Waals surface area contributed by atoms with E-state index in [9.17, 15) is 9.90 Å². The minimum absolute atomic E-state index is 0. The Labute approximate surface area is 198 Å². The standard InChI is InChI=1S/C22H25N5O3.HI/c1-3-23-22(25-13-20(29)26-17-8-10-19(28)11-9-17)24-12-18-14-30-21(27-18)16-6-4-15(2)5-7-16;/h4-11,14,28H,3,12-13H2,1-2H3,(H,26,29)(H2,23,24,25);1H. The van der Waals surface area contributed by atoms with Crippen LogP contribution in [0.4, 0.5) is 5.69 Å². The molecule has 1 amide bonds. The van der Waals surface area contributed by atoms with Crippen LogP contribution in [-0.2, 0) is 11.3 Å². The van der Waals surface area contributed by atoms with Crippen LogP contribution in [0.25, 0.3) is 11.5 Å². The Morgan fingerprint density at radius 1 is 1.10 bits per heavy atom. The van der Waals surface area contributed by atoms with Crippen molar-refractivity contribution in [1.82, 2.24) is 15.6 Å². The summed E-state index contributed by atoms with van der Waals surface area (Å²) >= 11 is 0. The largest absolute Gasteiger partial charge is 0.508 e. The third kappa shape index (κ3) is 7.59. The first-order chi connectivity index (χ1) is 14.5. The number of phenols is 1. The second kappa shape index (κ2) is 11.9. The summed E-state index contributed by atoms with van der Waals surface area (Å²) in [4.78, 5) is 21.0. The van der Waals surface area contributed by atoms with Crippen LogP contribution in [-0.4, -0.2) is 35.0 Å². The first kappa shape index (κ1) is 24.2. The zero-order valence-corrected chi connectivity index (χ0v) is 19.7. The predicted molar refractivity (Wildman–Crippen MR) is 132 cm³/mol. The Morgan fingerprint density at radius 3 is 2.48 bits per heavy atom. The lowest BCUT2D eigenvalue weighted by Crippen LogP contribution is -2.41. The van der Waals surface area contributed by atoms with Crippen LogP contribution >= 0.6 is 24.0 Å². The first-order valence-electron chi connectivity index (χ1n) is 9.66. The number of aromatic nitrogens is 1. The highest BCUT2D eigenvalue weighted by molar-refractivity contribution is 14.0. The molecule has 9 heteroatoms. The summed E-state index contributed by atoms with van der Waals surface area (Å²) in [6.45, 7) is 4.97. The maximum Gasteiger partial charge on any atom is 0.243 e. The molecule has 0 aliphatic heterocycles. The van der Waals surface area contributed by atoms with Crippen LogP contribution in [0.3, 0.4) is 0 Å². The van der Waals surface area contributed by atoms with Gasteiger partial charge in [-0.1, -0.05) is 17.7 Å². The van der Waals surface area contributed by atoms with Gasteiger partial charge in [-0.3, -0.25) is 4.79 Å². The fraction of sp³-hybridized carbons (Fsp3) is 0.227.